The van der Waals surface area contributed by atoms with Crippen molar-refractivity contribution in [3.05, 3.63) is 36.0 Å². The SMILES string of the molecule is CS(=O)(=O)c1cc(C#N)nc2ccccc12. The largest absolute Gasteiger partial charge is 0.237 e. The molecule has 0 fully saturated rings. The highest BCUT2D eigenvalue weighted by Crippen LogP contribution is 2.22. The van der Waals surface area contributed by atoms with Crippen LogP contribution in [0.15, 0.2) is 35.2 Å². The molecule has 16 heavy (non-hydrogen) atoms. The fourth-order valence-electron chi connectivity index (χ4n) is 1.51. The van der Waals surface area contributed by atoms with Gasteiger partial charge in [-0.05, 0) is 12.1 Å². The Morgan fingerprint density at radius 3 is 2.62 bits per heavy atom. The number of rotatable bonds is 1. The maximum atomic E-state index is 11.6. The van der Waals surface area contributed by atoms with Gasteiger partial charge in [0.15, 0.2) is 9.84 Å². The lowest BCUT2D eigenvalue weighted by atomic mass is 10.2. The van der Waals surface area contributed by atoms with E-state index < -0.39 is 9.84 Å². The van der Waals surface area contributed by atoms with Gasteiger partial charge in [-0.15, -0.1) is 0 Å². The highest BCUT2D eigenvalue weighted by Gasteiger charge is 2.13. The van der Waals surface area contributed by atoms with Crippen LogP contribution in [0.2, 0.25) is 0 Å². The first kappa shape index (κ1) is 10.6. The number of sulfone groups is 1. The lowest BCUT2D eigenvalue weighted by Crippen LogP contribution is -2.00. The second-order valence-corrected chi connectivity index (χ2v) is 5.39. The predicted octanol–water partition coefficient (Wildman–Crippen LogP) is 1.51. The van der Waals surface area contributed by atoms with Crippen LogP contribution in [0.25, 0.3) is 10.9 Å². The van der Waals surface area contributed by atoms with E-state index in [-0.39, 0.29) is 10.6 Å². The lowest BCUT2D eigenvalue weighted by molar-refractivity contribution is 0.602. The molecule has 1 heterocycles. The first-order valence-corrected chi connectivity index (χ1v) is 6.41. The molecular weight excluding hydrogens is 224 g/mol. The fraction of sp³-hybridized carbons (Fsp3) is 0.0909. The van der Waals surface area contributed by atoms with Gasteiger partial charge in [-0.1, -0.05) is 18.2 Å². The number of pyridine rings is 1. The van der Waals surface area contributed by atoms with Gasteiger partial charge in [-0.25, -0.2) is 13.4 Å². The molecule has 0 spiro atoms. The number of hydrogen-bond donors (Lipinski definition) is 0. The Morgan fingerprint density at radius 2 is 2.00 bits per heavy atom. The van der Waals surface area contributed by atoms with E-state index in [9.17, 15) is 8.42 Å². The van der Waals surface area contributed by atoms with Crippen molar-refractivity contribution in [3.8, 4) is 6.07 Å². The van der Waals surface area contributed by atoms with Gasteiger partial charge in [-0.3, -0.25) is 0 Å². The van der Waals surface area contributed by atoms with Crippen molar-refractivity contribution in [1.29, 1.82) is 5.26 Å². The summed E-state index contributed by atoms with van der Waals surface area (Å²) < 4.78 is 23.2. The summed E-state index contributed by atoms with van der Waals surface area (Å²) in [7, 11) is -3.35. The van der Waals surface area contributed by atoms with Crippen LogP contribution in [-0.2, 0) is 9.84 Å². The average Bonchev–Trinajstić information content (AvgIpc) is 2.26. The van der Waals surface area contributed by atoms with E-state index in [0.29, 0.717) is 10.9 Å². The summed E-state index contributed by atoms with van der Waals surface area (Å²) in [5.74, 6) is 0. The molecule has 0 unspecified atom stereocenters. The molecule has 0 saturated heterocycles. The summed E-state index contributed by atoms with van der Waals surface area (Å²) in [4.78, 5) is 4.19. The van der Waals surface area contributed by atoms with Crippen LogP contribution in [0.4, 0.5) is 0 Å². The third kappa shape index (κ3) is 1.75. The van der Waals surface area contributed by atoms with Gasteiger partial charge in [0, 0.05) is 11.6 Å². The first-order valence-electron chi connectivity index (χ1n) is 4.52. The smallest absolute Gasteiger partial charge is 0.176 e. The molecule has 0 amide bonds. The number of fused-ring (bicyclic) bond motifs is 1. The minimum absolute atomic E-state index is 0.110. The lowest BCUT2D eigenvalue weighted by Gasteiger charge is -2.04. The van der Waals surface area contributed by atoms with Gasteiger partial charge in [0.1, 0.15) is 11.8 Å². The van der Waals surface area contributed by atoms with E-state index >= 15 is 0 Å². The molecule has 0 bridgehead atoms. The number of para-hydroxylation sites is 1. The molecule has 1 aromatic carbocycles. The van der Waals surface area contributed by atoms with Crippen molar-refractivity contribution in [2.75, 3.05) is 6.26 Å². The quantitative estimate of drug-likeness (QED) is 0.747. The summed E-state index contributed by atoms with van der Waals surface area (Å²) in [6, 6.07) is 10.0. The zero-order chi connectivity index (χ0) is 11.8. The second-order valence-electron chi connectivity index (χ2n) is 3.41. The Kier molecular flexibility index (Phi) is 2.37. The molecule has 0 radical (unpaired) electrons. The highest BCUT2D eigenvalue weighted by molar-refractivity contribution is 7.91. The molecule has 1 aromatic heterocycles. The molecule has 0 aliphatic carbocycles. The Hall–Kier alpha value is -1.93. The van der Waals surface area contributed by atoms with E-state index in [1.54, 1.807) is 24.3 Å². The molecule has 0 N–H and O–H groups in total. The summed E-state index contributed by atoms with van der Waals surface area (Å²) >= 11 is 0. The molecule has 0 atom stereocenters. The molecular formula is C11H8N2O2S. The third-order valence-electron chi connectivity index (χ3n) is 2.19. The van der Waals surface area contributed by atoms with E-state index in [1.165, 1.54) is 6.07 Å². The number of benzene rings is 1. The van der Waals surface area contributed by atoms with Gasteiger partial charge in [0.25, 0.3) is 0 Å². The van der Waals surface area contributed by atoms with Gasteiger partial charge in [0.2, 0.25) is 0 Å². The van der Waals surface area contributed by atoms with Crippen molar-refractivity contribution >= 4 is 20.7 Å². The predicted molar refractivity (Wildman–Crippen MR) is 59.6 cm³/mol. The fourth-order valence-corrected chi connectivity index (χ4v) is 2.41. The first-order chi connectivity index (χ1) is 7.52. The van der Waals surface area contributed by atoms with E-state index in [0.717, 1.165) is 6.26 Å². The van der Waals surface area contributed by atoms with Gasteiger partial charge in [0.05, 0.1) is 10.4 Å². The number of hydrogen-bond acceptors (Lipinski definition) is 4. The minimum atomic E-state index is -3.35. The van der Waals surface area contributed by atoms with Crippen LogP contribution in [0.1, 0.15) is 5.69 Å². The summed E-state index contributed by atoms with van der Waals surface area (Å²) in [5, 5.41) is 9.33. The van der Waals surface area contributed by atoms with Crippen LogP contribution in [0.5, 0.6) is 0 Å². The maximum absolute atomic E-state index is 11.6. The number of nitriles is 1. The second kappa shape index (κ2) is 3.58. The molecule has 0 saturated carbocycles. The normalized spacial score (nSPS) is 11.2. The average molecular weight is 232 g/mol. The molecule has 0 aliphatic heterocycles. The molecule has 4 nitrogen and oxygen atoms in total. The Bertz CT molecular complexity index is 699. The number of nitrogens with zero attached hydrogens (tertiary/aromatic N) is 2. The van der Waals surface area contributed by atoms with Crippen LogP contribution in [-0.4, -0.2) is 19.7 Å². The number of aromatic nitrogens is 1. The Morgan fingerprint density at radius 1 is 1.31 bits per heavy atom. The monoisotopic (exact) mass is 232 g/mol. The zero-order valence-corrected chi connectivity index (χ0v) is 9.32. The molecule has 2 aromatic rings. The Labute approximate surface area is 93.1 Å². The Balaban J connectivity index is 2.97. The molecule has 80 valence electrons. The van der Waals surface area contributed by atoms with Gasteiger partial charge < -0.3 is 0 Å². The summed E-state index contributed by atoms with van der Waals surface area (Å²) in [5.41, 5.74) is 0.626. The molecule has 5 heteroatoms. The van der Waals surface area contributed by atoms with Crippen molar-refractivity contribution in [2.24, 2.45) is 0 Å². The highest BCUT2D eigenvalue weighted by atomic mass is 32.2. The summed E-state index contributed by atoms with van der Waals surface area (Å²) in [6.07, 6.45) is 1.12. The maximum Gasteiger partial charge on any atom is 0.176 e. The standard InChI is InChI=1S/C11H8N2O2S/c1-16(14,15)11-6-8(7-12)13-10-5-3-2-4-9(10)11/h2-6H,1H3. The van der Waals surface area contributed by atoms with Crippen molar-refractivity contribution in [3.63, 3.8) is 0 Å². The summed E-state index contributed by atoms with van der Waals surface area (Å²) in [6.45, 7) is 0. The van der Waals surface area contributed by atoms with Crippen LogP contribution >= 0.6 is 0 Å². The van der Waals surface area contributed by atoms with Crippen molar-refractivity contribution in [1.82, 2.24) is 4.98 Å². The molecule has 0 aliphatic rings. The topological polar surface area (TPSA) is 70.8 Å². The van der Waals surface area contributed by atoms with E-state index in [4.69, 9.17) is 5.26 Å². The van der Waals surface area contributed by atoms with Crippen LogP contribution in [0.3, 0.4) is 0 Å². The third-order valence-corrected chi connectivity index (χ3v) is 3.33. The van der Waals surface area contributed by atoms with Gasteiger partial charge in [-0.2, -0.15) is 5.26 Å². The van der Waals surface area contributed by atoms with E-state index in [2.05, 4.69) is 4.98 Å². The molecule has 2 rings (SSSR count). The van der Waals surface area contributed by atoms with E-state index in [1.807, 2.05) is 6.07 Å². The van der Waals surface area contributed by atoms with Gasteiger partial charge >= 0.3 is 0 Å². The van der Waals surface area contributed by atoms with Crippen molar-refractivity contribution < 1.29 is 8.42 Å². The minimum Gasteiger partial charge on any atom is -0.237 e. The zero-order valence-electron chi connectivity index (χ0n) is 8.51. The van der Waals surface area contributed by atoms with Crippen molar-refractivity contribution in [2.45, 2.75) is 4.90 Å². The van der Waals surface area contributed by atoms with Crippen LogP contribution in [0, 0.1) is 11.3 Å². The van der Waals surface area contributed by atoms with Crippen LogP contribution < -0.4 is 0 Å².